The molecule has 26 heavy (non-hydrogen) atoms. The molecule has 0 radical (unpaired) electrons. The standard InChI is InChI=1S/C21H28N2O3/c1-6-15-7-9-16(10-8-15)18(23(2)3)14-22-21(24)17-11-12-19(25-4)20(13-17)26-5/h7-13,18H,6,14H2,1-5H3,(H,22,24). The van der Waals surface area contributed by atoms with Gasteiger partial charge in [-0.05, 0) is 49.8 Å². The lowest BCUT2D eigenvalue weighted by molar-refractivity contribution is 0.0941. The largest absolute Gasteiger partial charge is 0.493 e. The molecule has 0 heterocycles. The Kier molecular flexibility index (Phi) is 7.04. The number of hydrogen-bond donors (Lipinski definition) is 1. The Balaban J connectivity index is 2.09. The lowest BCUT2D eigenvalue weighted by Crippen LogP contribution is -2.34. The molecule has 0 fully saturated rings. The number of aryl methyl sites for hydroxylation is 1. The van der Waals surface area contributed by atoms with Crippen molar-refractivity contribution in [1.82, 2.24) is 10.2 Å². The van der Waals surface area contributed by atoms with E-state index in [4.69, 9.17) is 9.47 Å². The number of carbonyl (C=O) groups excluding carboxylic acids is 1. The highest BCUT2D eigenvalue weighted by atomic mass is 16.5. The molecule has 0 saturated heterocycles. The Morgan fingerprint density at radius 3 is 2.23 bits per heavy atom. The van der Waals surface area contributed by atoms with Gasteiger partial charge < -0.3 is 19.7 Å². The number of amides is 1. The van der Waals surface area contributed by atoms with Gasteiger partial charge in [0.1, 0.15) is 0 Å². The highest BCUT2D eigenvalue weighted by molar-refractivity contribution is 5.94. The second-order valence-corrected chi connectivity index (χ2v) is 6.35. The van der Waals surface area contributed by atoms with Gasteiger partial charge in [-0.3, -0.25) is 4.79 Å². The van der Waals surface area contributed by atoms with Crippen LogP contribution in [0.5, 0.6) is 11.5 Å². The van der Waals surface area contributed by atoms with Crippen LogP contribution >= 0.6 is 0 Å². The minimum atomic E-state index is -0.136. The summed E-state index contributed by atoms with van der Waals surface area (Å²) >= 11 is 0. The average Bonchev–Trinajstić information content (AvgIpc) is 2.67. The van der Waals surface area contributed by atoms with Crippen LogP contribution in [0.25, 0.3) is 0 Å². The summed E-state index contributed by atoms with van der Waals surface area (Å²) in [6, 6.07) is 13.8. The third-order valence-electron chi connectivity index (χ3n) is 4.50. The molecule has 1 N–H and O–H groups in total. The average molecular weight is 356 g/mol. The van der Waals surface area contributed by atoms with Gasteiger partial charge in [-0.2, -0.15) is 0 Å². The number of nitrogens with zero attached hydrogens (tertiary/aromatic N) is 1. The first-order chi connectivity index (χ1) is 12.5. The minimum absolute atomic E-state index is 0.102. The second-order valence-electron chi connectivity index (χ2n) is 6.35. The molecule has 5 nitrogen and oxygen atoms in total. The maximum atomic E-state index is 12.5. The van der Waals surface area contributed by atoms with Gasteiger partial charge in [-0.25, -0.2) is 0 Å². The predicted molar refractivity (Wildman–Crippen MR) is 104 cm³/mol. The van der Waals surface area contributed by atoms with Crippen LogP contribution in [0.1, 0.15) is 34.5 Å². The van der Waals surface area contributed by atoms with E-state index in [2.05, 4.69) is 41.4 Å². The molecule has 0 aliphatic carbocycles. The third kappa shape index (κ3) is 4.76. The zero-order valence-electron chi connectivity index (χ0n) is 16.2. The maximum absolute atomic E-state index is 12.5. The zero-order chi connectivity index (χ0) is 19.1. The summed E-state index contributed by atoms with van der Waals surface area (Å²) in [5.74, 6) is 1.01. The number of methoxy groups -OCH3 is 2. The topological polar surface area (TPSA) is 50.8 Å². The fourth-order valence-corrected chi connectivity index (χ4v) is 2.84. The van der Waals surface area contributed by atoms with E-state index in [1.54, 1.807) is 32.4 Å². The lowest BCUT2D eigenvalue weighted by Gasteiger charge is -2.25. The SMILES string of the molecule is CCc1ccc(C(CNC(=O)c2ccc(OC)c(OC)c2)N(C)C)cc1. The highest BCUT2D eigenvalue weighted by Crippen LogP contribution is 2.27. The van der Waals surface area contributed by atoms with Crippen molar-refractivity contribution in [1.29, 1.82) is 0 Å². The van der Waals surface area contributed by atoms with Gasteiger partial charge in [0.2, 0.25) is 0 Å². The van der Waals surface area contributed by atoms with Crippen LogP contribution in [0, 0.1) is 0 Å². The van der Waals surface area contributed by atoms with Gasteiger partial charge in [0.05, 0.1) is 20.3 Å². The summed E-state index contributed by atoms with van der Waals surface area (Å²) in [5.41, 5.74) is 3.03. The van der Waals surface area contributed by atoms with Crippen LogP contribution in [0.3, 0.4) is 0 Å². The van der Waals surface area contributed by atoms with Crippen LogP contribution in [0.15, 0.2) is 42.5 Å². The monoisotopic (exact) mass is 356 g/mol. The van der Waals surface area contributed by atoms with Crippen molar-refractivity contribution in [3.8, 4) is 11.5 Å². The van der Waals surface area contributed by atoms with E-state index in [1.165, 1.54) is 11.1 Å². The molecule has 1 unspecified atom stereocenters. The Bertz CT molecular complexity index is 727. The van der Waals surface area contributed by atoms with E-state index >= 15 is 0 Å². The van der Waals surface area contributed by atoms with Gasteiger partial charge in [-0.1, -0.05) is 31.2 Å². The van der Waals surface area contributed by atoms with Crippen molar-refractivity contribution in [3.05, 3.63) is 59.2 Å². The van der Waals surface area contributed by atoms with Gasteiger partial charge in [-0.15, -0.1) is 0 Å². The molecule has 2 aromatic rings. The van der Waals surface area contributed by atoms with E-state index in [9.17, 15) is 4.79 Å². The molecule has 0 spiro atoms. The van der Waals surface area contributed by atoms with Crippen LogP contribution in [0.2, 0.25) is 0 Å². The van der Waals surface area contributed by atoms with Crippen LogP contribution < -0.4 is 14.8 Å². The highest BCUT2D eigenvalue weighted by Gasteiger charge is 2.17. The van der Waals surface area contributed by atoms with Crippen molar-refractivity contribution in [2.75, 3.05) is 34.9 Å². The van der Waals surface area contributed by atoms with Crippen molar-refractivity contribution < 1.29 is 14.3 Å². The summed E-state index contributed by atoms with van der Waals surface area (Å²) in [4.78, 5) is 14.7. The summed E-state index contributed by atoms with van der Waals surface area (Å²) in [7, 11) is 7.16. The van der Waals surface area contributed by atoms with Crippen LogP contribution in [-0.4, -0.2) is 45.7 Å². The first-order valence-corrected chi connectivity index (χ1v) is 8.75. The van der Waals surface area contributed by atoms with E-state index in [0.29, 0.717) is 23.6 Å². The summed E-state index contributed by atoms with van der Waals surface area (Å²) < 4.78 is 10.5. The summed E-state index contributed by atoms with van der Waals surface area (Å²) in [6.45, 7) is 2.66. The number of ether oxygens (including phenoxy) is 2. The molecule has 0 aliphatic heterocycles. The quantitative estimate of drug-likeness (QED) is 0.788. The molecule has 0 aromatic heterocycles. The first-order valence-electron chi connectivity index (χ1n) is 8.75. The van der Waals surface area contributed by atoms with Crippen LogP contribution in [0.4, 0.5) is 0 Å². The Morgan fingerprint density at radius 1 is 1.04 bits per heavy atom. The molecule has 5 heteroatoms. The van der Waals surface area contributed by atoms with Crippen molar-refractivity contribution in [3.63, 3.8) is 0 Å². The molecular formula is C21H28N2O3. The predicted octanol–water partition coefficient (Wildman–Crippen LogP) is 3.30. The molecule has 1 atom stereocenters. The second kappa shape index (κ2) is 9.25. The molecule has 2 rings (SSSR count). The molecule has 140 valence electrons. The summed E-state index contributed by atoms with van der Waals surface area (Å²) in [5, 5.41) is 3.02. The Labute approximate surface area is 155 Å². The van der Waals surface area contributed by atoms with E-state index in [0.717, 1.165) is 6.42 Å². The van der Waals surface area contributed by atoms with Crippen LogP contribution in [-0.2, 0) is 6.42 Å². The van der Waals surface area contributed by atoms with Gasteiger partial charge >= 0.3 is 0 Å². The van der Waals surface area contributed by atoms with Gasteiger partial charge in [0, 0.05) is 12.1 Å². The summed E-state index contributed by atoms with van der Waals surface area (Å²) in [6.07, 6.45) is 1.02. The van der Waals surface area contributed by atoms with Crippen molar-refractivity contribution in [2.45, 2.75) is 19.4 Å². The van der Waals surface area contributed by atoms with E-state index in [1.807, 2.05) is 14.1 Å². The Morgan fingerprint density at radius 2 is 1.69 bits per heavy atom. The maximum Gasteiger partial charge on any atom is 0.251 e. The normalized spacial score (nSPS) is 11.9. The fraction of sp³-hybridized carbons (Fsp3) is 0.381. The van der Waals surface area contributed by atoms with Gasteiger partial charge in [0.15, 0.2) is 11.5 Å². The molecule has 1 amide bonds. The van der Waals surface area contributed by atoms with E-state index in [-0.39, 0.29) is 11.9 Å². The minimum Gasteiger partial charge on any atom is -0.493 e. The zero-order valence-corrected chi connectivity index (χ0v) is 16.2. The first kappa shape index (κ1) is 19.8. The molecule has 2 aromatic carbocycles. The molecular weight excluding hydrogens is 328 g/mol. The van der Waals surface area contributed by atoms with Crippen molar-refractivity contribution >= 4 is 5.91 Å². The number of likely N-dealkylation sites (N-methyl/N-ethyl adjacent to an activating group) is 1. The van der Waals surface area contributed by atoms with Gasteiger partial charge in [0.25, 0.3) is 5.91 Å². The van der Waals surface area contributed by atoms with E-state index < -0.39 is 0 Å². The van der Waals surface area contributed by atoms with Crippen molar-refractivity contribution in [2.24, 2.45) is 0 Å². The fourth-order valence-electron chi connectivity index (χ4n) is 2.84. The number of rotatable bonds is 8. The molecule has 0 saturated carbocycles. The smallest absolute Gasteiger partial charge is 0.251 e. The number of hydrogen-bond acceptors (Lipinski definition) is 4. The molecule has 0 bridgehead atoms. The number of nitrogens with one attached hydrogen (secondary N) is 1. The molecule has 0 aliphatic rings. The number of benzene rings is 2. The number of carbonyl (C=O) groups is 1. The Hall–Kier alpha value is -2.53. The lowest BCUT2D eigenvalue weighted by atomic mass is 10.0. The third-order valence-corrected chi connectivity index (χ3v) is 4.50.